The smallest absolute Gasteiger partial charge is 0.170 e. The van der Waals surface area contributed by atoms with E-state index >= 15 is 0 Å². The van der Waals surface area contributed by atoms with Crippen molar-refractivity contribution in [1.29, 1.82) is 0 Å². The van der Waals surface area contributed by atoms with E-state index in [-0.39, 0.29) is 11.2 Å². The third-order valence-corrected chi connectivity index (χ3v) is 3.93. The van der Waals surface area contributed by atoms with E-state index in [1.54, 1.807) is 25.6 Å². The lowest BCUT2D eigenvalue weighted by molar-refractivity contribution is 0.0717. The number of ketones is 1. The lowest BCUT2D eigenvalue weighted by Gasteiger charge is -2.35. The fraction of sp³-hybridized carbons (Fsp3) is 0.571. The molecule has 4 nitrogen and oxygen atoms in total. The van der Waals surface area contributed by atoms with Gasteiger partial charge in [-0.1, -0.05) is 6.92 Å². The molecular formula is C14H20N2O2. The molecule has 1 N–H and O–H groups in total. The molecule has 1 aliphatic rings. The molecule has 0 atom stereocenters. The second-order valence-corrected chi connectivity index (χ2v) is 4.83. The molecule has 1 aromatic heterocycles. The highest BCUT2D eigenvalue weighted by Gasteiger charge is 2.38. The van der Waals surface area contributed by atoms with Crippen molar-refractivity contribution in [3.8, 4) is 5.75 Å². The summed E-state index contributed by atoms with van der Waals surface area (Å²) >= 11 is 0. The number of nitrogens with one attached hydrogen (secondary N) is 1. The largest absolute Gasteiger partial charge is 0.495 e. The molecule has 2 heterocycles. The van der Waals surface area contributed by atoms with Crippen LogP contribution in [0.15, 0.2) is 18.5 Å². The van der Waals surface area contributed by atoms with Crippen molar-refractivity contribution in [2.24, 2.45) is 5.41 Å². The molecule has 1 saturated heterocycles. The van der Waals surface area contributed by atoms with E-state index in [1.165, 1.54) is 0 Å². The van der Waals surface area contributed by atoms with E-state index in [0.29, 0.717) is 11.3 Å². The van der Waals surface area contributed by atoms with Crippen LogP contribution in [0.3, 0.4) is 0 Å². The first-order valence-electron chi connectivity index (χ1n) is 6.46. The normalized spacial score (nSPS) is 18.3. The Kier molecular flexibility index (Phi) is 3.97. The molecule has 4 heteroatoms. The third kappa shape index (κ3) is 2.38. The lowest BCUT2D eigenvalue weighted by atomic mass is 9.71. The summed E-state index contributed by atoms with van der Waals surface area (Å²) < 4.78 is 5.13. The first-order chi connectivity index (χ1) is 8.72. The lowest BCUT2D eigenvalue weighted by Crippen LogP contribution is -2.41. The van der Waals surface area contributed by atoms with E-state index in [1.807, 2.05) is 0 Å². The molecule has 0 amide bonds. The highest BCUT2D eigenvalue weighted by atomic mass is 16.5. The van der Waals surface area contributed by atoms with Crippen LogP contribution in [0.1, 0.15) is 36.5 Å². The van der Waals surface area contributed by atoms with Crippen LogP contribution in [-0.2, 0) is 0 Å². The topological polar surface area (TPSA) is 51.2 Å². The van der Waals surface area contributed by atoms with Crippen LogP contribution in [0.5, 0.6) is 5.75 Å². The van der Waals surface area contributed by atoms with Crippen molar-refractivity contribution in [3.63, 3.8) is 0 Å². The van der Waals surface area contributed by atoms with Crippen LogP contribution < -0.4 is 10.1 Å². The molecule has 1 fully saturated rings. The van der Waals surface area contributed by atoms with Crippen LogP contribution in [-0.4, -0.2) is 31.0 Å². The van der Waals surface area contributed by atoms with E-state index in [2.05, 4.69) is 17.2 Å². The van der Waals surface area contributed by atoms with E-state index < -0.39 is 0 Å². The molecule has 1 aromatic rings. The predicted octanol–water partition coefficient (Wildman–Crippen LogP) is 2.05. The van der Waals surface area contributed by atoms with Crippen molar-refractivity contribution < 1.29 is 9.53 Å². The van der Waals surface area contributed by atoms with Gasteiger partial charge in [0.1, 0.15) is 5.75 Å². The van der Waals surface area contributed by atoms with E-state index in [0.717, 1.165) is 32.4 Å². The van der Waals surface area contributed by atoms with Crippen LogP contribution >= 0.6 is 0 Å². The van der Waals surface area contributed by atoms with E-state index in [4.69, 9.17) is 4.74 Å². The van der Waals surface area contributed by atoms with Gasteiger partial charge in [-0.05, 0) is 38.4 Å². The summed E-state index contributed by atoms with van der Waals surface area (Å²) in [6.07, 6.45) is 5.95. The minimum Gasteiger partial charge on any atom is -0.495 e. The molecule has 0 unspecified atom stereocenters. The number of hydrogen-bond acceptors (Lipinski definition) is 4. The van der Waals surface area contributed by atoms with Crippen molar-refractivity contribution >= 4 is 5.78 Å². The zero-order valence-corrected chi connectivity index (χ0v) is 11.0. The summed E-state index contributed by atoms with van der Waals surface area (Å²) in [7, 11) is 1.59. The quantitative estimate of drug-likeness (QED) is 0.829. The highest BCUT2D eigenvalue weighted by Crippen LogP contribution is 2.36. The Morgan fingerprint density at radius 1 is 1.44 bits per heavy atom. The summed E-state index contributed by atoms with van der Waals surface area (Å²) in [6, 6.07) is 1.79. The summed E-state index contributed by atoms with van der Waals surface area (Å²) in [5.41, 5.74) is 0.442. The van der Waals surface area contributed by atoms with Gasteiger partial charge in [0.2, 0.25) is 0 Å². The number of hydrogen-bond donors (Lipinski definition) is 1. The van der Waals surface area contributed by atoms with Gasteiger partial charge in [0, 0.05) is 17.2 Å². The SMILES string of the molecule is CCC1(C(=O)c2cncc(OC)c2)CCNCC1. The van der Waals surface area contributed by atoms with E-state index in [9.17, 15) is 4.79 Å². The second kappa shape index (κ2) is 5.48. The van der Waals surface area contributed by atoms with Gasteiger partial charge in [-0.25, -0.2) is 0 Å². The maximum atomic E-state index is 12.7. The second-order valence-electron chi connectivity index (χ2n) is 4.83. The molecule has 98 valence electrons. The van der Waals surface area contributed by atoms with Gasteiger partial charge in [0.25, 0.3) is 0 Å². The van der Waals surface area contributed by atoms with Crippen LogP contribution in [0.4, 0.5) is 0 Å². The Bertz CT molecular complexity index is 426. The molecule has 0 aliphatic carbocycles. The molecule has 1 aliphatic heterocycles. The molecule has 0 saturated carbocycles. The van der Waals surface area contributed by atoms with Crippen LogP contribution in [0.2, 0.25) is 0 Å². The van der Waals surface area contributed by atoms with Gasteiger partial charge >= 0.3 is 0 Å². The van der Waals surface area contributed by atoms with Gasteiger partial charge in [0.15, 0.2) is 5.78 Å². The van der Waals surface area contributed by atoms with Gasteiger partial charge in [-0.2, -0.15) is 0 Å². The van der Waals surface area contributed by atoms with Crippen LogP contribution in [0, 0.1) is 5.41 Å². The molecule has 0 bridgehead atoms. The Balaban J connectivity index is 2.27. The summed E-state index contributed by atoms with van der Waals surface area (Å²) in [6.45, 7) is 3.92. The monoisotopic (exact) mass is 248 g/mol. The standard InChI is InChI=1S/C14H20N2O2/c1-3-14(4-6-15-7-5-14)13(17)11-8-12(18-2)10-16-9-11/h8-10,15H,3-7H2,1-2H3. The molecule has 0 aromatic carbocycles. The average molecular weight is 248 g/mol. The first-order valence-corrected chi connectivity index (χ1v) is 6.46. The van der Waals surface area contributed by atoms with Crippen molar-refractivity contribution in [2.75, 3.05) is 20.2 Å². The van der Waals surface area contributed by atoms with Crippen molar-refractivity contribution in [1.82, 2.24) is 10.3 Å². The highest BCUT2D eigenvalue weighted by molar-refractivity contribution is 6.00. The number of piperidine rings is 1. The fourth-order valence-corrected chi connectivity index (χ4v) is 2.61. The molecule has 0 spiro atoms. The van der Waals surface area contributed by atoms with Gasteiger partial charge in [0.05, 0.1) is 13.3 Å². The first kappa shape index (κ1) is 13.0. The Labute approximate surface area is 108 Å². The van der Waals surface area contributed by atoms with Gasteiger partial charge in [-0.3, -0.25) is 9.78 Å². The number of nitrogens with zero attached hydrogens (tertiary/aromatic N) is 1. The predicted molar refractivity (Wildman–Crippen MR) is 69.9 cm³/mol. The summed E-state index contributed by atoms with van der Waals surface area (Å²) in [5, 5.41) is 3.31. The van der Waals surface area contributed by atoms with Crippen molar-refractivity contribution in [3.05, 3.63) is 24.0 Å². The fourth-order valence-electron chi connectivity index (χ4n) is 2.61. The van der Waals surface area contributed by atoms with Crippen molar-refractivity contribution in [2.45, 2.75) is 26.2 Å². The summed E-state index contributed by atoms with van der Waals surface area (Å²) in [5.74, 6) is 0.846. The Morgan fingerprint density at radius 2 is 2.17 bits per heavy atom. The number of carbonyl (C=O) groups is 1. The van der Waals surface area contributed by atoms with Crippen LogP contribution in [0.25, 0.3) is 0 Å². The maximum Gasteiger partial charge on any atom is 0.170 e. The minimum absolute atomic E-state index is 0.206. The minimum atomic E-state index is -0.223. The number of rotatable bonds is 4. The molecule has 0 radical (unpaired) electrons. The number of carbonyl (C=O) groups excluding carboxylic acids is 1. The number of ether oxygens (including phenoxy) is 1. The summed E-state index contributed by atoms with van der Waals surface area (Å²) in [4.78, 5) is 16.8. The number of Topliss-reactive ketones (excluding diaryl/α,β-unsaturated/α-hetero) is 1. The Hall–Kier alpha value is -1.42. The maximum absolute atomic E-state index is 12.7. The number of aromatic nitrogens is 1. The zero-order valence-electron chi connectivity index (χ0n) is 11.0. The molecule has 18 heavy (non-hydrogen) atoms. The van der Waals surface area contributed by atoms with Gasteiger partial charge in [-0.15, -0.1) is 0 Å². The molecule has 2 rings (SSSR count). The zero-order chi connectivity index (χ0) is 13.0. The third-order valence-electron chi connectivity index (χ3n) is 3.93. The number of methoxy groups -OCH3 is 1. The molecular weight excluding hydrogens is 228 g/mol. The average Bonchev–Trinajstić information content (AvgIpc) is 2.47. The number of pyridine rings is 1. The van der Waals surface area contributed by atoms with Gasteiger partial charge < -0.3 is 10.1 Å². The Morgan fingerprint density at radius 3 is 2.78 bits per heavy atom.